The molecule has 1 aromatic carbocycles. The molecule has 1 aromatic rings. The fourth-order valence-corrected chi connectivity index (χ4v) is 1.94. The van der Waals surface area contributed by atoms with Crippen LogP contribution in [0.3, 0.4) is 0 Å². The van der Waals surface area contributed by atoms with Crippen LogP contribution in [-0.4, -0.2) is 41.6 Å². The number of carbonyl (C=O) groups excluding carboxylic acids is 2. The van der Waals surface area contributed by atoms with Crippen molar-refractivity contribution < 1.29 is 19.5 Å². The van der Waals surface area contributed by atoms with Crippen molar-refractivity contribution in [3.05, 3.63) is 35.9 Å². The Bertz CT molecular complexity index is 518. The number of aliphatic carboxylic acids is 1. The normalized spacial score (nSPS) is 18.8. The molecule has 1 aliphatic rings. The van der Waals surface area contributed by atoms with Crippen LogP contribution in [0.2, 0.25) is 0 Å². The topological polar surface area (TPSA) is 108 Å². The molecule has 0 bridgehead atoms. The third-order valence-electron chi connectivity index (χ3n) is 2.99. The van der Waals surface area contributed by atoms with Crippen LogP contribution in [0.25, 0.3) is 0 Å². The second-order valence-corrected chi connectivity index (χ2v) is 4.50. The summed E-state index contributed by atoms with van der Waals surface area (Å²) in [6, 6.07) is 6.83. The molecule has 20 heavy (non-hydrogen) atoms. The molecule has 2 unspecified atom stereocenters. The molecule has 0 aliphatic carbocycles. The van der Waals surface area contributed by atoms with Crippen LogP contribution in [-0.2, 0) is 16.0 Å². The number of urea groups is 1. The zero-order valence-corrected chi connectivity index (χ0v) is 10.6. The molecule has 3 amide bonds. The molecular weight excluding hydrogens is 262 g/mol. The van der Waals surface area contributed by atoms with E-state index in [9.17, 15) is 14.4 Å². The average molecular weight is 277 g/mol. The highest BCUT2D eigenvalue weighted by Gasteiger charge is 2.30. The van der Waals surface area contributed by atoms with E-state index in [1.54, 1.807) is 24.3 Å². The molecule has 0 aromatic heterocycles. The number of hydrogen-bond acceptors (Lipinski definition) is 3. The van der Waals surface area contributed by atoms with Crippen LogP contribution in [0.1, 0.15) is 5.56 Å². The molecule has 0 radical (unpaired) electrons. The zero-order valence-electron chi connectivity index (χ0n) is 10.6. The summed E-state index contributed by atoms with van der Waals surface area (Å²) in [4.78, 5) is 34.0. The first-order valence-corrected chi connectivity index (χ1v) is 6.17. The molecule has 1 aliphatic heterocycles. The summed E-state index contributed by atoms with van der Waals surface area (Å²) in [5, 5.41) is 16.4. The van der Waals surface area contributed by atoms with Gasteiger partial charge in [-0.3, -0.25) is 4.79 Å². The van der Waals surface area contributed by atoms with Crippen LogP contribution in [0.15, 0.2) is 30.3 Å². The predicted octanol–water partition coefficient (Wildman–Crippen LogP) is -0.520. The third kappa shape index (κ3) is 3.47. The molecular formula is C13H15N3O4. The van der Waals surface area contributed by atoms with E-state index in [-0.39, 0.29) is 13.0 Å². The van der Waals surface area contributed by atoms with Crippen molar-refractivity contribution in [2.24, 2.45) is 0 Å². The molecule has 7 nitrogen and oxygen atoms in total. The fourth-order valence-electron chi connectivity index (χ4n) is 1.94. The first kappa shape index (κ1) is 13.9. The number of nitrogens with one attached hydrogen (secondary N) is 3. The quantitative estimate of drug-likeness (QED) is 0.581. The van der Waals surface area contributed by atoms with Crippen molar-refractivity contribution in [3.8, 4) is 0 Å². The van der Waals surface area contributed by atoms with Crippen molar-refractivity contribution in [2.45, 2.75) is 18.5 Å². The summed E-state index contributed by atoms with van der Waals surface area (Å²) < 4.78 is 0. The van der Waals surface area contributed by atoms with E-state index < -0.39 is 30.0 Å². The van der Waals surface area contributed by atoms with Gasteiger partial charge in [0.15, 0.2) is 0 Å². The van der Waals surface area contributed by atoms with Crippen molar-refractivity contribution in [1.29, 1.82) is 0 Å². The van der Waals surface area contributed by atoms with Gasteiger partial charge in [0, 0.05) is 13.0 Å². The molecule has 2 rings (SSSR count). The van der Waals surface area contributed by atoms with Crippen molar-refractivity contribution in [3.63, 3.8) is 0 Å². The van der Waals surface area contributed by atoms with Crippen LogP contribution in [0, 0.1) is 0 Å². The monoisotopic (exact) mass is 277 g/mol. The zero-order chi connectivity index (χ0) is 14.5. The average Bonchev–Trinajstić information content (AvgIpc) is 2.86. The van der Waals surface area contributed by atoms with Gasteiger partial charge in [-0.1, -0.05) is 30.3 Å². The number of carboxylic acid groups (broad SMARTS) is 1. The fraction of sp³-hybridized carbons (Fsp3) is 0.308. The summed E-state index contributed by atoms with van der Waals surface area (Å²) >= 11 is 0. The van der Waals surface area contributed by atoms with Gasteiger partial charge in [0.25, 0.3) is 0 Å². The molecule has 0 saturated carbocycles. The standard InChI is InChI=1S/C13H15N3O4/c17-11(10-7-14-13(20)16-10)15-9(12(18)19)6-8-4-2-1-3-5-8/h1-5,9-10H,6-7H2,(H,15,17)(H,18,19)(H2,14,16,20). The maximum absolute atomic E-state index is 11.9. The number of hydrogen-bond donors (Lipinski definition) is 4. The second-order valence-electron chi connectivity index (χ2n) is 4.50. The number of amides is 3. The van der Waals surface area contributed by atoms with Gasteiger partial charge in [-0.25, -0.2) is 9.59 Å². The summed E-state index contributed by atoms with van der Waals surface area (Å²) in [6.07, 6.45) is 0.190. The molecule has 106 valence electrons. The van der Waals surface area contributed by atoms with Gasteiger partial charge in [-0.05, 0) is 5.56 Å². The van der Waals surface area contributed by atoms with E-state index in [1.807, 2.05) is 6.07 Å². The molecule has 7 heteroatoms. The summed E-state index contributed by atoms with van der Waals surface area (Å²) in [5.74, 6) is -1.62. The van der Waals surface area contributed by atoms with Crippen LogP contribution >= 0.6 is 0 Å². The van der Waals surface area contributed by atoms with Gasteiger partial charge < -0.3 is 21.1 Å². The van der Waals surface area contributed by atoms with E-state index >= 15 is 0 Å². The molecule has 2 atom stereocenters. The minimum absolute atomic E-state index is 0.155. The Labute approximate surface area is 115 Å². The molecule has 1 fully saturated rings. The Morgan fingerprint density at radius 2 is 2.05 bits per heavy atom. The number of benzene rings is 1. The first-order chi connectivity index (χ1) is 9.56. The SMILES string of the molecule is O=C1NCC(C(=O)NC(Cc2ccccc2)C(=O)O)N1. The van der Waals surface area contributed by atoms with Gasteiger partial charge in [-0.2, -0.15) is 0 Å². The number of rotatable bonds is 5. The molecule has 0 spiro atoms. The van der Waals surface area contributed by atoms with Crippen LogP contribution in [0.5, 0.6) is 0 Å². The third-order valence-corrected chi connectivity index (χ3v) is 2.99. The van der Waals surface area contributed by atoms with Gasteiger partial charge in [0.2, 0.25) is 5.91 Å². The summed E-state index contributed by atoms with van der Waals surface area (Å²) in [5.41, 5.74) is 0.814. The highest BCUT2D eigenvalue weighted by atomic mass is 16.4. The summed E-state index contributed by atoms with van der Waals surface area (Å²) in [6.45, 7) is 0.155. The lowest BCUT2D eigenvalue weighted by Crippen LogP contribution is -2.50. The highest BCUT2D eigenvalue weighted by molar-refractivity contribution is 5.92. The Morgan fingerprint density at radius 3 is 2.60 bits per heavy atom. The maximum atomic E-state index is 11.9. The van der Waals surface area contributed by atoms with Gasteiger partial charge in [0.05, 0.1) is 0 Å². The predicted molar refractivity (Wildman–Crippen MR) is 70.0 cm³/mol. The van der Waals surface area contributed by atoms with Crippen molar-refractivity contribution in [1.82, 2.24) is 16.0 Å². The molecule has 1 saturated heterocycles. The number of carboxylic acids is 1. The minimum Gasteiger partial charge on any atom is -0.480 e. The first-order valence-electron chi connectivity index (χ1n) is 6.17. The molecule has 4 N–H and O–H groups in total. The van der Waals surface area contributed by atoms with E-state index in [4.69, 9.17) is 5.11 Å². The Kier molecular flexibility index (Phi) is 4.19. The van der Waals surface area contributed by atoms with E-state index in [0.717, 1.165) is 5.56 Å². The summed E-state index contributed by atoms with van der Waals surface area (Å²) in [7, 11) is 0. The van der Waals surface area contributed by atoms with E-state index in [1.165, 1.54) is 0 Å². The van der Waals surface area contributed by atoms with E-state index in [0.29, 0.717) is 0 Å². The van der Waals surface area contributed by atoms with Crippen molar-refractivity contribution >= 4 is 17.9 Å². The lowest BCUT2D eigenvalue weighted by atomic mass is 10.1. The van der Waals surface area contributed by atoms with Crippen molar-refractivity contribution in [2.75, 3.05) is 6.54 Å². The minimum atomic E-state index is -1.11. The number of carbonyl (C=O) groups is 3. The lowest BCUT2D eigenvalue weighted by molar-refractivity contribution is -0.142. The smallest absolute Gasteiger partial charge is 0.326 e. The highest BCUT2D eigenvalue weighted by Crippen LogP contribution is 2.04. The Hall–Kier alpha value is -2.57. The van der Waals surface area contributed by atoms with Crippen LogP contribution in [0.4, 0.5) is 4.79 Å². The maximum Gasteiger partial charge on any atom is 0.326 e. The van der Waals surface area contributed by atoms with Gasteiger partial charge in [-0.15, -0.1) is 0 Å². The Balaban J connectivity index is 1.97. The van der Waals surface area contributed by atoms with Gasteiger partial charge >= 0.3 is 12.0 Å². The van der Waals surface area contributed by atoms with Gasteiger partial charge in [0.1, 0.15) is 12.1 Å². The second kappa shape index (κ2) is 6.05. The molecule has 1 heterocycles. The van der Waals surface area contributed by atoms with E-state index in [2.05, 4.69) is 16.0 Å². The largest absolute Gasteiger partial charge is 0.480 e. The lowest BCUT2D eigenvalue weighted by Gasteiger charge is -2.17. The Morgan fingerprint density at radius 1 is 1.35 bits per heavy atom. The van der Waals surface area contributed by atoms with Crippen LogP contribution < -0.4 is 16.0 Å².